The van der Waals surface area contributed by atoms with Gasteiger partial charge in [-0.2, -0.15) is 0 Å². The van der Waals surface area contributed by atoms with Crippen LogP contribution >= 0.6 is 0 Å². The fraction of sp³-hybridized carbons (Fsp3) is 0.538. The highest BCUT2D eigenvalue weighted by Crippen LogP contribution is 2.07. The lowest BCUT2D eigenvalue weighted by molar-refractivity contribution is -0.119. The fourth-order valence-corrected chi connectivity index (χ4v) is 1.52. The van der Waals surface area contributed by atoms with Gasteiger partial charge in [-0.1, -0.05) is 26.8 Å². The van der Waals surface area contributed by atoms with Gasteiger partial charge < -0.3 is 0 Å². The van der Waals surface area contributed by atoms with Crippen molar-refractivity contribution in [1.82, 2.24) is 4.98 Å². The maximum Gasteiger partial charge on any atom is 0.137 e. The van der Waals surface area contributed by atoms with Gasteiger partial charge in [-0.15, -0.1) is 0 Å². The molecule has 82 valence electrons. The molecule has 0 spiro atoms. The third-order valence-electron chi connectivity index (χ3n) is 2.29. The van der Waals surface area contributed by atoms with Crippen molar-refractivity contribution in [1.29, 1.82) is 0 Å². The SMILES string of the molecule is CCc1ccc(CC(=O)CC(C)C)cn1. The largest absolute Gasteiger partial charge is 0.299 e. The Morgan fingerprint density at radius 2 is 2.13 bits per heavy atom. The van der Waals surface area contributed by atoms with E-state index in [4.69, 9.17) is 0 Å². The molecular weight excluding hydrogens is 186 g/mol. The van der Waals surface area contributed by atoms with Gasteiger partial charge in [-0.05, 0) is 24.0 Å². The van der Waals surface area contributed by atoms with Gasteiger partial charge in [0.1, 0.15) is 5.78 Å². The van der Waals surface area contributed by atoms with Gasteiger partial charge in [0, 0.05) is 24.7 Å². The van der Waals surface area contributed by atoms with Crippen LogP contribution < -0.4 is 0 Å². The second-order valence-electron chi connectivity index (χ2n) is 4.32. The van der Waals surface area contributed by atoms with E-state index in [1.165, 1.54) is 0 Å². The van der Waals surface area contributed by atoms with Crippen molar-refractivity contribution in [2.24, 2.45) is 5.92 Å². The van der Waals surface area contributed by atoms with Crippen LogP contribution in [0.5, 0.6) is 0 Å². The van der Waals surface area contributed by atoms with E-state index < -0.39 is 0 Å². The summed E-state index contributed by atoms with van der Waals surface area (Å²) < 4.78 is 0. The van der Waals surface area contributed by atoms with Crippen molar-refractivity contribution in [3.8, 4) is 0 Å². The smallest absolute Gasteiger partial charge is 0.137 e. The minimum atomic E-state index is 0.302. The molecule has 0 atom stereocenters. The van der Waals surface area contributed by atoms with Gasteiger partial charge in [-0.3, -0.25) is 9.78 Å². The highest BCUT2D eigenvalue weighted by atomic mass is 16.1. The topological polar surface area (TPSA) is 30.0 Å². The van der Waals surface area contributed by atoms with Gasteiger partial charge in [0.2, 0.25) is 0 Å². The number of carbonyl (C=O) groups excluding carboxylic acids is 1. The van der Waals surface area contributed by atoms with Crippen LogP contribution in [0.15, 0.2) is 18.3 Å². The maximum absolute atomic E-state index is 11.5. The van der Waals surface area contributed by atoms with Crippen LogP contribution in [-0.4, -0.2) is 10.8 Å². The molecular formula is C13H19NO. The molecule has 0 saturated carbocycles. The molecule has 0 aromatic carbocycles. The molecule has 0 unspecified atom stereocenters. The van der Waals surface area contributed by atoms with E-state index in [2.05, 4.69) is 25.8 Å². The average molecular weight is 205 g/mol. The number of ketones is 1. The predicted molar refractivity (Wildman–Crippen MR) is 61.8 cm³/mol. The molecule has 2 nitrogen and oxygen atoms in total. The lowest BCUT2D eigenvalue weighted by atomic mass is 10.0. The van der Waals surface area contributed by atoms with E-state index in [-0.39, 0.29) is 0 Å². The summed E-state index contributed by atoms with van der Waals surface area (Å²) >= 11 is 0. The molecule has 1 aromatic rings. The highest BCUT2D eigenvalue weighted by molar-refractivity contribution is 5.80. The molecule has 0 N–H and O–H groups in total. The number of nitrogens with zero attached hydrogens (tertiary/aromatic N) is 1. The Kier molecular flexibility index (Phi) is 4.47. The number of aromatic nitrogens is 1. The number of pyridine rings is 1. The molecule has 0 saturated heterocycles. The van der Waals surface area contributed by atoms with Crippen LogP contribution in [0.4, 0.5) is 0 Å². The van der Waals surface area contributed by atoms with E-state index in [1.54, 1.807) is 0 Å². The molecule has 0 fully saturated rings. The summed E-state index contributed by atoms with van der Waals surface area (Å²) in [5, 5.41) is 0. The zero-order valence-corrected chi connectivity index (χ0v) is 9.79. The van der Waals surface area contributed by atoms with Crippen LogP contribution in [0.25, 0.3) is 0 Å². The van der Waals surface area contributed by atoms with Crippen molar-refractivity contribution < 1.29 is 4.79 Å². The number of hydrogen-bond donors (Lipinski definition) is 0. The fourth-order valence-electron chi connectivity index (χ4n) is 1.52. The van der Waals surface area contributed by atoms with Crippen LogP contribution in [0.3, 0.4) is 0 Å². The van der Waals surface area contributed by atoms with E-state index in [1.807, 2.05) is 18.3 Å². The zero-order valence-electron chi connectivity index (χ0n) is 9.79. The van der Waals surface area contributed by atoms with Gasteiger partial charge in [0.25, 0.3) is 0 Å². The summed E-state index contributed by atoms with van der Waals surface area (Å²) in [6.07, 6.45) is 3.95. The molecule has 0 bridgehead atoms. The van der Waals surface area contributed by atoms with Crippen molar-refractivity contribution >= 4 is 5.78 Å². The molecule has 0 aliphatic heterocycles. The van der Waals surface area contributed by atoms with Crippen LogP contribution in [-0.2, 0) is 17.6 Å². The first kappa shape index (κ1) is 11.9. The Morgan fingerprint density at radius 1 is 1.40 bits per heavy atom. The van der Waals surface area contributed by atoms with Gasteiger partial charge >= 0.3 is 0 Å². The van der Waals surface area contributed by atoms with Crippen molar-refractivity contribution in [3.63, 3.8) is 0 Å². The summed E-state index contributed by atoms with van der Waals surface area (Å²) in [7, 11) is 0. The first-order valence-corrected chi connectivity index (χ1v) is 5.57. The molecule has 2 heteroatoms. The molecule has 1 rings (SSSR count). The molecule has 15 heavy (non-hydrogen) atoms. The van der Waals surface area contributed by atoms with E-state index in [0.29, 0.717) is 24.5 Å². The first-order valence-electron chi connectivity index (χ1n) is 5.57. The number of aryl methyl sites for hydroxylation is 1. The Balaban J connectivity index is 2.53. The van der Waals surface area contributed by atoms with Crippen molar-refractivity contribution in [2.45, 2.75) is 40.0 Å². The number of carbonyl (C=O) groups is 1. The highest BCUT2D eigenvalue weighted by Gasteiger charge is 2.06. The minimum absolute atomic E-state index is 0.302. The quantitative estimate of drug-likeness (QED) is 0.740. The van der Waals surface area contributed by atoms with Crippen molar-refractivity contribution in [3.05, 3.63) is 29.6 Å². The molecule has 0 aliphatic rings. The normalized spacial score (nSPS) is 10.7. The predicted octanol–water partition coefficient (Wildman–Crippen LogP) is 2.80. The third-order valence-corrected chi connectivity index (χ3v) is 2.29. The van der Waals surface area contributed by atoms with E-state index >= 15 is 0 Å². The minimum Gasteiger partial charge on any atom is -0.299 e. The molecule has 0 radical (unpaired) electrons. The Bertz CT molecular complexity index is 314. The van der Waals surface area contributed by atoms with E-state index in [0.717, 1.165) is 17.7 Å². The monoisotopic (exact) mass is 205 g/mol. The van der Waals surface area contributed by atoms with Gasteiger partial charge in [0.15, 0.2) is 0 Å². The summed E-state index contributed by atoms with van der Waals surface area (Å²) in [4.78, 5) is 15.8. The lowest BCUT2D eigenvalue weighted by Crippen LogP contribution is -2.06. The van der Waals surface area contributed by atoms with Crippen molar-refractivity contribution in [2.75, 3.05) is 0 Å². The second-order valence-corrected chi connectivity index (χ2v) is 4.32. The Labute approximate surface area is 91.7 Å². The van der Waals surface area contributed by atoms with Gasteiger partial charge in [0.05, 0.1) is 0 Å². The zero-order chi connectivity index (χ0) is 11.3. The van der Waals surface area contributed by atoms with Gasteiger partial charge in [-0.25, -0.2) is 0 Å². The maximum atomic E-state index is 11.5. The second kappa shape index (κ2) is 5.64. The summed E-state index contributed by atoms with van der Waals surface area (Å²) in [6.45, 7) is 6.21. The molecule has 1 heterocycles. The molecule has 1 aromatic heterocycles. The Morgan fingerprint density at radius 3 is 2.60 bits per heavy atom. The molecule has 0 aliphatic carbocycles. The van der Waals surface area contributed by atoms with Crippen LogP contribution in [0.2, 0.25) is 0 Å². The first-order chi connectivity index (χ1) is 7.11. The molecule has 0 amide bonds. The Hall–Kier alpha value is -1.18. The number of Topliss-reactive ketones (excluding diaryl/α,β-unsaturated/α-hetero) is 1. The summed E-state index contributed by atoms with van der Waals surface area (Å²) in [5.74, 6) is 0.747. The number of hydrogen-bond acceptors (Lipinski definition) is 2. The number of rotatable bonds is 5. The van der Waals surface area contributed by atoms with Crippen LogP contribution in [0, 0.1) is 5.92 Å². The third kappa shape index (κ3) is 4.24. The average Bonchev–Trinajstić information content (AvgIpc) is 2.17. The summed E-state index contributed by atoms with van der Waals surface area (Å²) in [5.41, 5.74) is 2.10. The van der Waals surface area contributed by atoms with E-state index in [9.17, 15) is 4.79 Å². The van der Waals surface area contributed by atoms with Crippen LogP contribution in [0.1, 0.15) is 38.4 Å². The standard InChI is InChI=1S/C13H19NO/c1-4-12-6-5-11(9-14-12)8-13(15)7-10(2)3/h5-6,9-10H,4,7-8H2,1-3H3. The summed E-state index contributed by atoms with van der Waals surface area (Å²) in [6, 6.07) is 4.00. The lowest BCUT2D eigenvalue weighted by Gasteiger charge is -2.04.